The molecule has 1 aliphatic heterocycles. The lowest BCUT2D eigenvalue weighted by Crippen LogP contribution is -2.50. The normalized spacial score (nSPS) is 22.9. The van der Waals surface area contributed by atoms with Crippen molar-refractivity contribution in [1.82, 2.24) is 4.90 Å². The van der Waals surface area contributed by atoms with E-state index in [2.05, 4.69) is 0 Å². The van der Waals surface area contributed by atoms with E-state index in [0.717, 1.165) is 32.1 Å². The van der Waals surface area contributed by atoms with Crippen molar-refractivity contribution in [1.29, 1.82) is 0 Å². The standard InChI is InChI=1S/C18H25NO6S/c1-13-16(7-9-24-13)18(21)25-11-17(20)19(14-5-3-2-4-6-14)15-8-10-26(22,23)12-15/h7,9,14-15H,2-6,8,10-12H2,1H3/t15-/m0/s1. The molecule has 7 nitrogen and oxygen atoms in total. The molecule has 26 heavy (non-hydrogen) atoms. The summed E-state index contributed by atoms with van der Waals surface area (Å²) in [7, 11) is -3.10. The van der Waals surface area contributed by atoms with Gasteiger partial charge in [0.15, 0.2) is 16.4 Å². The average Bonchev–Trinajstić information content (AvgIpc) is 3.19. The number of sulfone groups is 1. The van der Waals surface area contributed by atoms with E-state index in [1.165, 1.54) is 12.3 Å². The first-order valence-corrected chi connectivity index (χ1v) is 10.9. The van der Waals surface area contributed by atoms with Gasteiger partial charge in [-0.05, 0) is 32.3 Å². The summed E-state index contributed by atoms with van der Waals surface area (Å²) < 4.78 is 34.0. The van der Waals surface area contributed by atoms with Crippen LogP contribution in [0.2, 0.25) is 0 Å². The van der Waals surface area contributed by atoms with Crippen LogP contribution in [0.1, 0.15) is 54.6 Å². The Bertz CT molecular complexity index is 762. The largest absolute Gasteiger partial charge is 0.469 e. The number of nitrogens with zero attached hydrogens (tertiary/aromatic N) is 1. The number of rotatable bonds is 5. The van der Waals surface area contributed by atoms with Crippen LogP contribution in [0.25, 0.3) is 0 Å². The Morgan fingerprint density at radius 1 is 1.19 bits per heavy atom. The quantitative estimate of drug-likeness (QED) is 0.723. The number of esters is 1. The summed E-state index contributed by atoms with van der Waals surface area (Å²) in [4.78, 5) is 26.6. The maximum atomic E-state index is 12.8. The second kappa shape index (κ2) is 7.82. The molecule has 1 aliphatic carbocycles. The molecule has 0 N–H and O–H groups in total. The third-order valence-electron chi connectivity index (χ3n) is 5.26. The molecule has 0 bridgehead atoms. The van der Waals surface area contributed by atoms with Gasteiger partial charge in [-0.2, -0.15) is 0 Å². The molecule has 1 atom stereocenters. The third kappa shape index (κ3) is 4.28. The van der Waals surface area contributed by atoms with Crippen LogP contribution >= 0.6 is 0 Å². The van der Waals surface area contributed by atoms with Crippen molar-refractivity contribution in [2.45, 2.75) is 57.5 Å². The van der Waals surface area contributed by atoms with Crippen molar-refractivity contribution in [3.8, 4) is 0 Å². The van der Waals surface area contributed by atoms with Crippen LogP contribution in [0.4, 0.5) is 0 Å². The summed E-state index contributed by atoms with van der Waals surface area (Å²) in [6, 6.07) is 1.22. The predicted octanol–water partition coefficient (Wildman–Crippen LogP) is 2.09. The first kappa shape index (κ1) is 18.9. The highest BCUT2D eigenvalue weighted by Crippen LogP contribution is 2.28. The zero-order valence-corrected chi connectivity index (χ0v) is 15.8. The summed E-state index contributed by atoms with van der Waals surface area (Å²) in [5, 5.41) is 0. The van der Waals surface area contributed by atoms with Gasteiger partial charge in [-0.15, -0.1) is 0 Å². The van der Waals surface area contributed by atoms with E-state index in [-0.39, 0.29) is 36.1 Å². The minimum Gasteiger partial charge on any atom is -0.469 e. The van der Waals surface area contributed by atoms with E-state index in [1.54, 1.807) is 11.8 Å². The molecule has 2 aliphatic rings. The lowest BCUT2D eigenvalue weighted by molar-refractivity contribution is -0.140. The van der Waals surface area contributed by atoms with E-state index in [4.69, 9.17) is 9.15 Å². The maximum Gasteiger partial charge on any atom is 0.342 e. The van der Waals surface area contributed by atoms with Gasteiger partial charge in [-0.3, -0.25) is 4.79 Å². The third-order valence-corrected chi connectivity index (χ3v) is 7.01. The van der Waals surface area contributed by atoms with E-state index >= 15 is 0 Å². The van der Waals surface area contributed by atoms with Crippen molar-refractivity contribution in [2.24, 2.45) is 0 Å². The van der Waals surface area contributed by atoms with Gasteiger partial charge in [0.2, 0.25) is 0 Å². The van der Waals surface area contributed by atoms with Crippen molar-refractivity contribution >= 4 is 21.7 Å². The lowest BCUT2D eigenvalue weighted by atomic mass is 9.93. The molecular weight excluding hydrogens is 358 g/mol. The number of aryl methyl sites for hydroxylation is 1. The molecule has 1 saturated heterocycles. The van der Waals surface area contributed by atoms with Crippen LogP contribution < -0.4 is 0 Å². The molecule has 2 fully saturated rings. The van der Waals surface area contributed by atoms with Gasteiger partial charge < -0.3 is 14.1 Å². The van der Waals surface area contributed by atoms with Gasteiger partial charge in [0.05, 0.1) is 17.8 Å². The smallest absolute Gasteiger partial charge is 0.342 e. The first-order valence-electron chi connectivity index (χ1n) is 9.10. The van der Waals surface area contributed by atoms with Crippen molar-refractivity contribution in [2.75, 3.05) is 18.1 Å². The number of carbonyl (C=O) groups excluding carboxylic acids is 2. The Balaban J connectivity index is 1.68. The Hall–Kier alpha value is -1.83. The van der Waals surface area contributed by atoms with Crippen LogP contribution in [0.3, 0.4) is 0 Å². The zero-order chi connectivity index (χ0) is 18.7. The van der Waals surface area contributed by atoms with Crippen LogP contribution in [-0.4, -0.2) is 55.4 Å². The van der Waals surface area contributed by atoms with Crippen LogP contribution in [-0.2, 0) is 19.4 Å². The highest BCUT2D eigenvalue weighted by atomic mass is 32.2. The average molecular weight is 383 g/mol. The van der Waals surface area contributed by atoms with Crippen LogP contribution in [0.15, 0.2) is 16.7 Å². The summed E-state index contributed by atoms with van der Waals surface area (Å²) >= 11 is 0. The summed E-state index contributed by atoms with van der Waals surface area (Å²) in [5.74, 6) is -0.360. The van der Waals surface area contributed by atoms with Crippen molar-refractivity contribution in [3.05, 3.63) is 23.7 Å². The van der Waals surface area contributed by atoms with Gasteiger partial charge in [0.1, 0.15) is 11.3 Å². The number of hydrogen-bond donors (Lipinski definition) is 0. The fraction of sp³-hybridized carbons (Fsp3) is 0.667. The molecule has 1 saturated carbocycles. The molecule has 8 heteroatoms. The maximum absolute atomic E-state index is 12.8. The van der Waals surface area contributed by atoms with Crippen LogP contribution in [0, 0.1) is 6.92 Å². The number of furan rings is 1. The molecule has 0 aromatic carbocycles. The first-order chi connectivity index (χ1) is 12.4. The molecule has 1 aromatic heterocycles. The zero-order valence-electron chi connectivity index (χ0n) is 15.0. The molecule has 1 aromatic rings. The van der Waals surface area contributed by atoms with Crippen molar-refractivity contribution in [3.63, 3.8) is 0 Å². The molecule has 144 valence electrons. The van der Waals surface area contributed by atoms with Crippen LogP contribution in [0.5, 0.6) is 0 Å². The van der Waals surface area contributed by atoms with E-state index < -0.39 is 15.8 Å². The molecule has 2 heterocycles. The SMILES string of the molecule is Cc1occc1C(=O)OCC(=O)N(C1CCCCC1)[C@H]1CCS(=O)(=O)C1. The van der Waals surface area contributed by atoms with E-state index in [1.807, 2.05) is 0 Å². The number of ether oxygens (including phenoxy) is 1. The van der Waals surface area contributed by atoms with E-state index in [9.17, 15) is 18.0 Å². The molecule has 1 amide bonds. The minimum absolute atomic E-state index is 0.00399. The Morgan fingerprint density at radius 2 is 1.92 bits per heavy atom. The summed E-state index contributed by atoms with van der Waals surface area (Å²) in [6.45, 7) is 1.27. The fourth-order valence-electron chi connectivity index (χ4n) is 3.94. The summed E-state index contributed by atoms with van der Waals surface area (Å²) in [5.41, 5.74) is 0.297. The minimum atomic E-state index is -3.10. The number of carbonyl (C=O) groups is 2. The Labute approximate surface area is 153 Å². The molecule has 0 spiro atoms. The highest BCUT2D eigenvalue weighted by molar-refractivity contribution is 7.91. The summed E-state index contributed by atoms with van der Waals surface area (Å²) in [6.07, 6.45) is 6.79. The monoisotopic (exact) mass is 383 g/mol. The Kier molecular flexibility index (Phi) is 5.70. The second-order valence-electron chi connectivity index (χ2n) is 7.12. The second-order valence-corrected chi connectivity index (χ2v) is 9.35. The van der Waals surface area contributed by atoms with Crippen molar-refractivity contribution < 1.29 is 27.2 Å². The topological polar surface area (TPSA) is 93.9 Å². The van der Waals surface area contributed by atoms with Gasteiger partial charge in [-0.25, -0.2) is 13.2 Å². The number of amides is 1. The molecule has 3 rings (SSSR count). The van der Waals surface area contributed by atoms with Gasteiger partial charge in [0, 0.05) is 12.1 Å². The van der Waals surface area contributed by atoms with Gasteiger partial charge in [0.25, 0.3) is 5.91 Å². The lowest BCUT2D eigenvalue weighted by Gasteiger charge is -2.38. The Morgan fingerprint density at radius 3 is 2.50 bits per heavy atom. The van der Waals surface area contributed by atoms with Gasteiger partial charge >= 0.3 is 5.97 Å². The number of hydrogen-bond acceptors (Lipinski definition) is 6. The predicted molar refractivity (Wildman–Crippen MR) is 94.5 cm³/mol. The van der Waals surface area contributed by atoms with E-state index in [0.29, 0.717) is 17.7 Å². The highest BCUT2D eigenvalue weighted by Gasteiger charge is 2.38. The fourth-order valence-corrected chi connectivity index (χ4v) is 5.65. The molecule has 0 unspecified atom stereocenters. The molecular formula is C18H25NO6S. The molecule has 0 radical (unpaired) electrons. The van der Waals surface area contributed by atoms with Gasteiger partial charge in [-0.1, -0.05) is 19.3 Å².